The molecule has 0 radical (unpaired) electrons. The van der Waals surface area contributed by atoms with Gasteiger partial charge in [-0.05, 0) is 30.5 Å². The van der Waals surface area contributed by atoms with Crippen molar-refractivity contribution in [2.45, 2.75) is 58.1 Å². The van der Waals surface area contributed by atoms with E-state index in [1.54, 1.807) is 0 Å². The van der Waals surface area contributed by atoms with E-state index in [1.165, 1.54) is 12.8 Å². The van der Waals surface area contributed by atoms with Crippen molar-refractivity contribution in [3.05, 3.63) is 48.0 Å². The van der Waals surface area contributed by atoms with Gasteiger partial charge in [-0.15, -0.1) is 0 Å². The Morgan fingerprint density at radius 2 is 2.16 bits per heavy atom. The van der Waals surface area contributed by atoms with Crippen molar-refractivity contribution < 1.29 is 9.53 Å². The second-order valence-corrected chi connectivity index (χ2v) is 7.03. The Labute approximate surface area is 149 Å². The number of nitrogens with zero attached hydrogens (tertiary/aromatic N) is 2. The third kappa shape index (κ3) is 4.92. The number of anilines is 1. The van der Waals surface area contributed by atoms with Crippen LogP contribution in [0.15, 0.2) is 36.7 Å². The van der Waals surface area contributed by atoms with Crippen LogP contribution in [0, 0.1) is 0 Å². The SMILES string of the molecule is CC(C)c1nccn1Cc1cccc(NC(=O)COC2CCCC2)c1. The minimum atomic E-state index is -0.0884. The zero-order valence-corrected chi connectivity index (χ0v) is 15.1. The molecule has 1 aromatic carbocycles. The topological polar surface area (TPSA) is 56.2 Å². The highest BCUT2D eigenvalue weighted by Crippen LogP contribution is 2.21. The van der Waals surface area contributed by atoms with Crippen molar-refractivity contribution in [1.29, 1.82) is 0 Å². The Morgan fingerprint density at radius 1 is 1.36 bits per heavy atom. The summed E-state index contributed by atoms with van der Waals surface area (Å²) in [6, 6.07) is 7.95. The van der Waals surface area contributed by atoms with Gasteiger partial charge in [-0.2, -0.15) is 0 Å². The lowest BCUT2D eigenvalue weighted by Crippen LogP contribution is -2.22. The fourth-order valence-electron chi connectivity index (χ4n) is 3.34. The van der Waals surface area contributed by atoms with E-state index in [0.29, 0.717) is 5.92 Å². The molecule has 0 unspecified atom stereocenters. The van der Waals surface area contributed by atoms with Gasteiger partial charge in [-0.25, -0.2) is 4.98 Å². The van der Waals surface area contributed by atoms with E-state index in [2.05, 4.69) is 34.8 Å². The van der Waals surface area contributed by atoms with Gasteiger partial charge in [0.25, 0.3) is 0 Å². The second kappa shape index (κ2) is 8.30. The van der Waals surface area contributed by atoms with Gasteiger partial charge in [0.1, 0.15) is 12.4 Å². The van der Waals surface area contributed by atoms with Gasteiger partial charge in [0, 0.05) is 30.5 Å². The van der Waals surface area contributed by atoms with Crippen molar-refractivity contribution in [3.8, 4) is 0 Å². The molecule has 0 atom stereocenters. The number of ether oxygens (including phenoxy) is 1. The van der Waals surface area contributed by atoms with E-state index in [4.69, 9.17) is 4.74 Å². The standard InChI is InChI=1S/C20H27N3O2/c1-15(2)20-21-10-11-23(20)13-16-6-5-7-17(12-16)22-19(24)14-25-18-8-3-4-9-18/h5-7,10-12,15,18H,3-4,8-9,13-14H2,1-2H3,(H,22,24). The molecule has 2 aromatic rings. The van der Waals surface area contributed by atoms with Gasteiger partial charge in [-0.1, -0.05) is 38.8 Å². The van der Waals surface area contributed by atoms with E-state index >= 15 is 0 Å². The molecule has 1 aliphatic carbocycles. The summed E-state index contributed by atoms with van der Waals surface area (Å²) in [6.45, 7) is 5.16. The predicted molar refractivity (Wildman–Crippen MR) is 98.7 cm³/mol. The first-order chi connectivity index (χ1) is 12.1. The lowest BCUT2D eigenvalue weighted by atomic mass is 10.1. The second-order valence-electron chi connectivity index (χ2n) is 7.03. The van der Waals surface area contributed by atoms with Gasteiger partial charge in [0.2, 0.25) is 5.91 Å². The summed E-state index contributed by atoms with van der Waals surface area (Å²) >= 11 is 0. The number of benzene rings is 1. The van der Waals surface area contributed by atoms with E-state index < -0.39 is 0 Å². The molecule has 0 saturated heterocycles. The Kier molecular flexibility index (Phi) is 5.87. The van der Waals surface area contributed by atoms with Crippen LogP contribution in [0.4, 0.5) is 5.69 Å². The highest BCUT2D eigenvalue weighted by atomic mass is 16.5. The molecule has 1 amide bonds. The van der Waals surface area contributed by atoms with E-state index in [1.807, 2.05) is 30.6 Å². The molecule has 3 rings (SSSR count). The number of aromatic nitrogens is 2. The van der Waals surface area contributed by atoms with Crippen LogP contribution >= 0.6 is 0 Å². The van der Waals surface area contributed by atoms with Crippen LogP contribution < -0.4 is 5.32 Å². The minimum absolute atomic E-state index is 0.0884. The van der Waals surface area contributed by atoms with Crippen molar-refractivity contribution >= 4 is 11.6 Å². The first-order valence-electron chi connectivity index (χ1n) is 9.13. The Bertz CT molecular complexity index is 702. The fraction of sp³-hybridized carbons (Fsp3) is 0.500. The molecule has 1 aromatic heterocycles. The number of nitrogens with one attached hydrogen (secondary N) is 1. The third-order valence-electron chi connectivity index (χ3n) is 4.58. The maximum atomic E-state index is 12.1. The van der Waals surface area contributed by atoms with Crippen LogP contribution in [-0.4, -0.2) is 28.2 Å². The van der Waals surface area contributed by atoms with Crippen LogP contribution in [0.2, 0.25) is 0 Å². The summed E-state index contributed by atoms with van der Waals surface area (Å²) in [5, 5.41) is 2.93. The number of hydrogen-bond donors (Lipinski definition) is 1. The minimum Gasteiger partial charge on any atom is -0.368 e. The number of carbonyl (C=O) groups excluding carboxylic acids is 1. The summed E-state index contributed by atoms with van der Waals surface area (Å²) in [7, 11) is 0. The van der Waals surface area contributed by atoms with Crippen LogP contribution in [0.5, 0.6) is 0 Å². The first kappa shape index (κ1) is 17.7. The van der Waals surface area contributed by atoms with Crippen molar-refractivity contribution in [2.75, 3.05) is 11.9 Å². The normalized spacial score (nSPS) is 15.0. The number of rotatable bonds is 7. The average Bonchev–Trinajstić information content (AvgIpc) is 3.24. The Hall–Kier alpha value is -2.14. The lowest BCUT2D eigenvalue weighted by Gasteiger charge is -2.13. The Balaban J connectivity index is 1.57. The molecule has 1 saturated carbocycles. The van der Waals surface area contributed by atoms with E-state index in [9.17, 15) is 4.79 Å². The lowest BCUT2D eigenvalue weighted by molar-refractivity contribution is -0.122. The van der Waals surface area contributed by atoms with Crippen molar-refractivity contribution in [3.63, 3.8) is 0 Å². The number of hydrogen-bond acceptors (Lipinski definition) is 3. The molecule has 0 aliphatic heterocycles. The van der Waals surface area contributed by atoms with Crippen LogP contribution in [0.1, 0.15) is 56.8 Å². The summed E-state index contributed by atoms with van der Waals surface area (Å²) in [5.74, 6) is 1.36. The third-order valence-corrected chi connectivity index (χ3v) is 4.58. The largest absolute Gasteiger partial charge is 0.368 e. The summed E-state index contributed by atoms with van der Waals surface area (Å²) in [4.78, 5) is 16.5. The van der Waals surface area contributed by atoms with Crippen molar-refractivity contribution in [2.24, 2.45) is 0 Å². The molecule has 0 bridgehead atoms. The molecule has 25 heavy (non-hydrogen) atoms. The molecule has 1 N–H and O–H groups in total. The van der Waals surface area contributed by atoms with Gasteiger partial charge in [0.05, 0.1) is 6.10 Å². The average molecular weight is 341 g/mol. The molecule has 134 valence electrons. The van der Waals surface area contributed by atoms with Gasteiger partial charge in [-0.3, -0.25) is 4.79 Å². The quantitative estimate of drug-likeness (QED) is 0.829. The summed E-state index contributed by atoms with van der Waals surface area (Å²) in [6.07, 6.45) is 8.66. The van der Waals surface area contributed by atoms with Crippen LogP contribution in [0.3, 0.4) is 0 Å². The molecule has 0 spiro atoms. The number of amides is 1. The molecular formula is C20H27N3O2. The molecular weight excluding hydrogens is 314 g/mol. The van der Waals surface area contributed by atoms with Crippen LogP contribution in [-0.2, 0) is 16.1 Å². The van der Waals surface area contributed by atoms with E-state index in [0.717, 1.165) is 36.5 Å². The molecule has 5 nitrogen and oxygen atoms in total. The van der Waals surface area contributed by atoms with Crippen LogP contribution in [0.25, 0.3) is 0 Å². The number of carbonyl (C=O) groups is 1. The summed E-state index contributed by atoms with van der Waals surface area (Å²) < 4.78 is 7.82. The Morgan fingerprint density at radius 3 is 2.92 bits per heavy atom. The van der Waals surface area contributed by atoms with Gasteiger partial charge in [0.15, 0.2) is 0 Å². The molecule has 5 heteroatoms. The van der Waals surface area contributed by atoms with Crippen molar-refractivity contribution in [1.82, 2.24) is 9.55 Å². The monoisotopic (exact) mass is 341 g/mol. The highest BCUT2D eigenvalue weighted by molar-refractivity contribution is 5.91. The molecule has 1 fully saturated rings. The molecule has 1 heterocycles. The smallest absolute Gasteiger partial charge is 0.250 e. The summed E-state index contributed by atoms with van der Waals surface area (Å²) in [5.41, 5.74) is 1.94. The highest BCUT2D eigenvalue weighted by Gasteiger charge is 2.16. The molecule has 1 aliphatic rings. The van der Waals surface area contributed by atoms with Gasteiger partial charge >= 0.3 is 0 Å². The maximum absolute atomic E-state index is 12.1. The fourth-order valence-corrected chi connectivity index (χ4v) is 3.34. The predicted octanol–water partition coefficient (Wildman–Crippen LogP) is 3.95. The zero-order valence-electron chi connectivity index (χ0n) is 15.1. The first-order valence-corrected chi connectivity index (χ1v) is 9.13. The van der Waals surface area contributed by atoms with Gasteiger partial charge < -0.3 is 14.6 Å². The van der Waals surface area contributed by atoms with E-state index in [-0.39, 0.29) is 18.6 Å². The number of imidazole rings is 1. The zero-order chi connectivity index (χ0) is 17.6. The maximum Gasteiger partial charge on any atom is 0.250 e.